The van der Waals surface area contributed by atoms with Crippen LogP contribution in [0.2, 0.25) is 0 Å². The van der Waals surface area contributed by atoms with Crippen molar-refractivity contribution in [3.8, 4) is 0 Å². The number of aliphatic carboxylic acids is 1. The number of nitrogens with zero attached hydrogens (tertiary/aromatic N) is 4. The molecule has 2 aromatic heterocycles. The second kappa shape index (κ2) is 11.7. The molecule has 2 aliphatic heterocycles. The molecule has 2 aliphatic rings. The maximum atomic E-state index is 13.0. The van der Waals surface area contributed by atoms with Crippen LogP contribution in [0.25, 0.3) is 0 Å². The van der Waals surface area contributed by atoms with Crippen molar-refractivity contribution >= 4 is 63.5 Å². The number of carboxylic acids is 1. The Bertz CT molecular complexity index is 1280. The van der Waals surface area contributed by atoms with Crippen molar-refractivity contribution in [1.29, 1.82) is 0 Å². The number of nitrogen functional groups attached to an aromatic ring is 1. The summed E-state index contributed by atoms with van der Waals surface area (Å²) < 4.78 is 1.80. The van der Waals surface area contributed by atoms with Gasteiger partial charge in [0.2, 0.25) is 12.4 Å². The van der Waals surface area contributed by atoms with Crippen molar-refractivity contribution in [3.05, 3.63) is 59.5 Å². The van der Waals surface area contributed by atoms with Crippen LogP contribution in [0, 0.1) is 0 Å². The van der Waals surface area contributed by atoms with E-state index in [1.807, 2.05) is 24.5 Å². The first-order chi connectivity index (χ1) is 17.8. The Morgan fingerprint density at radius 1 is 1.46 bits per heavy atom. The van der Waals surface area contributed by atoms with Crippen LogP contribution in [0.1, 0.15) is 5.69 Å². The first-order valence-electron chi connectivity index (χ1n) is 10.9. The summed E-state index contributed by atoms with van der Waals surface area (Å²) >= 11 is 4.01. The fourth-order valence-corrected chi connectivity index (χ4v) is 6.57. The van der Waals surface area contributed by atoms with E-state index in [1.165, 1.54) is 35.5 Å². The van der Waals surface area contributed by atoms with Gasteiger partial charge in [-0.2, -0.15) is 5.43 Å². The molecule has 4 heterocycles. The Labute approximate surface area is 224 Å². The van der Waals surface area contributed by atoms with Crippen LogP contribution < -0.4 is 21.2 Å². The number of thioether (sulfide) groups is 2. The highest BCUT2D eigenvalue weighted by Gasteiger charge is 2.54. The van der Waals surface area contributed by atoms with E-state index >= 15 is 0 Å². The molecule has 1 saturated heterocycles. The van der Waals surface area contributed by atoms with Crippen LogP contribution in [-0.2, 0) is 19.2 Å². The zero-order chi connectivity index (χ0) is 26.5. The van der Waals surface area contributed by atoms with Gasteiger partial charge in [0, 0.05) is 33.9 Å². The van der Waals surface area contributed by atoms with Gasteiger partial charge in [-0.25, -0.2) is 9.78 Å². The largest absolute Gasteiger partial charge is 0.477 e. The number of amides is 2. The number of aromatic nitrogens is 2. The summed E-state index contributed by atoms with van der Waals surface area (Å²) in [5.41, 5.74) is 9.45. The molecule has 2 atom stereocenters. The fourth-order valence-electron chi connectivity index (χ4n) is 3.65. The molecule has 194 valence electrons. The topological polar surface area (TPSA) is 163 Å². The number of fused-ring (bicyclic) bond motifs is 1. The van der Waals surface area contributed by atoms with E-state index in [0.717, 1.165) is 16.2 Å². The molecule has 2 aromatic rings. The number of nitrogens with two attached hydrogens (primary N) is 1. The summed E-state index contributed by atoms with van der Waals surface area (Å²) in [5, 5.41) is 17.5. The van der Waals surface area contributed by atoms with Gasteiger partial charge in [0.1, 0.15) is 29.9 Å². The normalized spacial score (nSPS) is 19.1. The first-order valence-corrected chi connectivity index (χ1v) is 13.8. The van der Waals surface area contributed by atoms with Gasteiger partial charge in [0.15, 0.2) is 10.8 Å². The summed E-state index contributed by atoms with van der Waals surface area (Å²) in [6.45, 7) is 4.29. The second-order valence-electron chi connectivity index (χ2n) is 7.69. The number of hydrogen-bond acceptors (Lipinski definition) is 11. The molecule has 1 fully saturated rings. The van der Waals surface area contributed by atoms with Crippen LogP contribution in [0.3, 0.4) is 0 Å². The minimum atomic E-state index is -1.18. The Balaban J connectivity index is 1.44. The van der Waals surface area contributed by atoms with Gasteiger partial charge >= 0.3 is 5.97 Å². The third-order valence-corrected chi connectivity index (χ3v) is 8.44. The van der Waals surface area contributed by atoms with Gasteiger partial charge in [-0.15, -0.1) is 41.4 Å². The number of carboxylic acid groups (broad SMARTS) is 1. The van der Waals surface area contributed by atoms with E-state index < -0.39 is 29.2 Å². The van der Waals surface area contributed by atoms with E-state index in [0.29, 0.717) is 23.6 Å². The summed E-state index contributed by atoms with van der Waals surface area (Å²) in [6, 6.07) is 2.91. The molecule has 0 aromatic carbocycles. The maximum absolute atomic E-state index is 13.0. The Kier molecular flexibility index (Phi) is 8.35. The van der Waals surface area contributed by atoms with E-state index in [9.17, 15) is 19.5 Å². The number of thiazole rings is 1. The lowest BCUT2D eigenvalue weighted by Crippen LogP contribution is -2.71. The molecule has 2 amide bonds. The average Bonchev–Trinajstić information content (AvgIpc) is 3.33. The van der Waals surface area contributed by atoms with Crippen LogP contribution in [0.4, 0.5) is 5.13 Å². The van der Waals surface area contributed by atoms with E-state index in [2.05, 4.69) is 27.5 Å². The molecule has 0 spiro atoms. The van der Waals surface area contributed by atoms with E-state index in [-0.39, 0.29) is 22.2 Å². The van der Waals surface area contributed by atoms with E-state index in [1.54, 1.807) is 16.1 Å². The van der Waals surface area contributed by atoms with Crippen LogP contribution in [-0.4, -0.2) is 75.1 Å². The van der Waals surface area contributed by atoms with Gasteiger partial charge in [0.25, 0.3) is 11.8 Å². The van der Waals surface area contributed by atoms with Crippen molar-refractivity contribution < 1.29 is 29.0 Å². The summed E-state index contributed by atoms with van der Waals surface area (Å²) in [7, 11) is 1.28. The lowest BCUT2D eigenvalue weighted by molar-refractivity contribution is -0.649. The molecule has 4 rings (SSSR count). The molecule has 0 bridgehead atoms. The number of carbonyl (C=O) groups excluding carboxylic acids is 2. The number of β-lactam (4-membered cyclic amide) rings is 1. The van der Waals surface area contributed by atoms with Gasteiger partial charge in [-0.3, -0.25) is 14.5 Å². The van der Waals surface area contributed by atoms with Crippen LogP contribution in [0.5, 0.6) is 0 Å². The fraction of sp³-hybridized carbons (Fsp3) is 0.273. The molecule has 0 unspecified atom stereocenters. The summed E-state index contributed by atoms with van der Waals surface area (Å²) in [6.07, 6.45) is 5.47. The Morgan fingerprint density at radius 2 is 2.22 bits per heavy atom. The monoisotopic (exact) mass is 562 g/mol. The molecule has 12 nitrogen and oxygen atoms in total. The molecule has 0 radical (unpaired) electrons. The molecule has 5 N–H and O–H groups in total. The number of carbonyl (C=O) groups is 3. The zero-order valence-electron chi connectivity index (χ0n) is 19.6. The molecule has 0 aliphatic carbocycles. The summed E-state index contributed by atoms with van der Waals surface area (Å²) in [4.78, 5) is 49.0. The molecule has 37 heavy (non-hydrogen) atoms. The standard InChI is InChI=1S/C22H23N7O5S3/c1-3-6-24-28-7-4-13(5-8-28)35-9-12-10-36-20-16(19(31)29(20)17(12)21(32)33)26-18(30)15(27-34-2)14-11-37-22(23)25-14/h3-5,7-8,11,16,20,24H,1,6,9-10H2,2H3,(H3-,23,25,26,30,32,33)/p+1/t16-,20-/m1/s1. The number of oxime groups is 1. The van der Waals surface area contributed by atoms with Crippen molar-refractivity contribution in [3.63, 3.8) is 0 Å². The molecule has 0 saturated carbocycles. The number of nitrogens with one attached hydrogen (secondary N) is 2. The number of rotatable bonds is 11. The van der Waals surface area contributed by atoms with Gasteiger partial charge in [0.05, 0.1) is 6.54 Å². The highest BCUT2D eigenvalue weighted by molar-refractivity contribution is 8.01. The maximum Gasteiger partial charge on any atom is 0.352 e. The Hall–Kier alpha value is -3.56. The molecule has 15 heteroatoms. The van der Waals surface area contributed by atoms with Gasteiger partial charge in [-0.05, 0) is 5.57 Å². The van der Waals surface area contributed by atoms with Gasteiger partial charge < -0.3 is 21.0 Å². The first kappa shape index (κ1) is 26.5. The average molecular weight is 563 g/mol. The lowest BCUT2D eigenvalue weighted by Gasteiger charge is -2.49. The highest BCUT2D eigenvalue weighted by atomic mass is 32.2. The third kappa shape index (κ3) is 5.73. The molecular weight excluding hydrogens is 538 g/mol. The van der Waals surface area contributed by atoms with Crippen molar-refractivity contribution in [1.82, 2.24) is 15.2 Å². The zero-order valence-corrected chi connectivity index (χ0v) is 22.1. The number of hydrogen-bond donors (Lipinski definition) is 4. The minimum Gasteiger partial charge on any atom is -0.477 e. The SMILES string of the molecule is C=CCN[n+]1ccc(SCC2=C(C(=O)O)N3C(=O)[C@@H](NC(=O)C(=NOC)c4csc(N)n4)[C@H]3SC2)cc1. The number of pyridine rings is 1. The van der Waals surface area contributed by atoms with Crippen molar-refractivity contribution in [2.24, 2.45) is 5.16 Å². The lowest BCUT2D eigenvalue weighted by atomic mass is 10.0. The van der Waals surface area contributed by atoms with Gasteiger partial charge in [-0.1, -0.05) is 15.9 Å². The van der Waals surface area contributed by atoms with Crippen molar-refractivity contribution in [2.75, 3.05) is 36.3 Å². The highest BCUT2D eigenvalue weighted by Crippen LogP contribution is 2.41. The second-order valence-corrected chi connectivity index (χ2v) is 10.7. The summed E-state index contributed by atoms with van der Waals surface area (Å²) in [5.74, 6) is -1.54. The predicted octanol–water partition coefficient (Wildman–Crippen LogP) is 0.624. The number of anilines is 1. The van der Waals surface area contributed by atoms with Crippen LogP contribution in [0.15, 0.2) is 63.9 Å². The minimum absolute atomic E-state index is 0.0385. The smallest absolute Gasteiger partial charge is 0.352 e. The van der Waals surface area contributed by atoms with Crippen molar-refractivity contribution in [2.45, 2.75) is 16.3 Å². The quantitative estimate of drug-likeness (QED) is 0.0763. The third-order valence-electron chi connectivity index (χ3n) is 5.33. The Morgan fingerprint density at radius 3 is 2.84 bits per heavy atom. The van der Waals surface area contributed by atoms with E-state index in [4.69, 9.17) is 10.6 Å². The van der Waals surface area contributed by atoms with Crippen LogP contribution >= 0.6 is 34.9 Å². The molecular formula is C22H24N7O5S3+. The predicted molar refractivity (Wildman–Crippen MR) is 142 cm³/mol.